The topological polar surface area (TPSA) is 76.2 Å². The Morgan fingerprint density at radius 2 is 2.11 bits per heavy atom. The molecule has 0 radical (unpaired) electrons. The van der Waals surface area contributed by atoms with Crippen molar-refractivity contribution in [1.82, 2.24) is 10.2 Å². The molecule has 0 aliphatic rings. The van der Waals surface area contributed by atoms with Gasteiger partial charge in [0, 0.05) is 0 Å². The number of rotatable bonds is 6. The van der Waals surface area contributed by atoms with Gasteiger partial charge in [0.25, 0.3) is 5.22 Å². The molecule has 2 rings (SSSR count). The van der Waals surface area contributed by atoms with Crippen LogP contribution in [0.15, 0.2) is 40.0 Å². The van der Waals surface area contributed by atoms with Crippen LogP contribution >= 0.6 is 11.8 Å². The van der Waals surface area contributed by atoms with Gasteiger partial charge in [0.05, 0.1) is 5.92 Å². The number of nitrogens with zero attached hydrogens (tertiary/aromatic N) is 2. The van der Waals surface area contributed by atoms with Crippen LogP contribution < -0.4 is 0 Å². The first-order chi connectivity index (χ1) is 9.20. The van der Waals surface area contributed by atoms with Crippen LogP contribution in [0.1, 0.15) is 30.7 Å². The van der Waals surface area contributed by atoms with E-state index in [0.717, 1.165) is 23.7 Å². The summed E-state index contributed by atoms with van der Waals surface area (Å²) in [4.78, 5) is 10.5. The molecule has 1 aromatic carbocycles. The van der Waals surface area contributed by atoms with Gasteiger partial charge in [0.15, 0.2) is 0 Å². The van der Waals surface area contributed by atoms with Gasteiger partial charge in [-0.05, 0) is 12.0 Å². The van der Waals surface area contributed by atoms with Crippen LogP contribution in [0, 0.1) is 0 Å². The maximum absolute atomic E-state index is 10.5. The second-order valence-electron chi connectivity index (χ2n) is 3.96. The van der Waals surface area contributed by atoms with Crippen molar-refractivity contribution in [3.8, 4) is 0 Å². The lowest BCUT2D eigenvalue weighted by molar-refractivity contribution is -0.133. The number of thioether (sulfide) groups is 1. The van der Waals surface area contributed by atoms with Crippen molar-refractivity contribution in [2.24, 2.45) is 0 Å². The Kier molecular flexibility index (Phi) is 4.57. The Balaban J connectivity index is 2.14. The molecule has 19 heavy (non-hydrogen) atoms. The van der Waals surface area contributed by atoms with Crippen LogP contribution in [0.4, 0.5) is 0 Å². The molecule has 0 fully saturated rings. The van der Waals surface area contributed by atoms with Gasteiger partial charge >= 0.3 is 5.97 Å². The molecule has 0 aliphatic carbocycles. The Labute approximate surface area is 115 Å². The van der Waals surface area contributed by atoms with Gasteiger partial charge in [-0.3, -0.25) is 4.79 Å². The number of carbonyl (C=O) groups is 1. The van der Waals surface area contributed by atoms with E-state index in [1.54, 1.807) is 0 Å². The molecule has 100 valence electrons. The highest BCUT2D eigenvalue weighted by Gasteiger charge is 2.19. The van der Waals surface area contributed by atoms with E-state index >= 15 is 0 Å². The summed E-state index contributed by atoms with van der Waals surface area (Å²) in [6, 6.07) is 9.92. The molecule has 0 saturated carbocycles. The van der Waals surface area contributed by atoms with Gasteiger partial charge in [0.1, 0.15) is 5.75 Å². The molecule has 0 unspecified atom stereocenters. The molecule has 6 heteroatoms. The van der Waals surface area contributed by atoms with Gasteiger partial charge in [0.2, 0.25) is 5.89 Å². The fourth-order valence-corrected chi connectivity index (χ4v) is 2.27. The molecule has 0 saturated heterocycles. The summed E-state index contributed by atoms with van der Waals surface area (Å²) in [5, 5.41) is 16.8. The number of hydrogen-bond donors (Lipinski definition) is 1. The lowest BCUT2D eigenvalue weighted by atomic mass is 9.97. The van der Waals surface area contributed by atoms with Crippen molar-refractivity contribution < 1.29 is 14.3 Å². The first-order valence-electron chi connectivity index (χ1n) is 5.93. The molecule has 0 aliphatic heterocycles. The molecule has 1 N–H and O–H groups in total. The number of carboxylic acids is 1. The van der Waals surface area contributed by atoms with Crippen LogP contribution in [0.5, 0.6) is 0 Å². The Morgan fingerprint density at radius 1 is 1.37 bits per heavy atom. The summed E-state index contributed by atoms with van der Waals surface area (Å²) in [6.45, 7) is 2.05. The summed E-state index contributed by atoms with van der Waals surface area (Å²) >= 11 is 1.03. The second-order valence-corrected chi connectivity index (χ2v) is 4.89. The number of hydrogen-bond acceptors (Lipinski definition) is 5. The van der Waals surface area contributed by atoms with Crippen LogP contribution in [-0.2, 0) is 4.79 Å². The van der Waals surface area contributed by atoms with Crippen molar-refractivity contribution in [2.45, 2.75) is 24.5 Å². The first-order valence-corrected chi connectivity index (χ1v) is 6.92. The molecule has 0 bridgehead atoms. The largest absolute Gasteiger partial charge is 0.481 e. The van der Waals surface area contributed by atoms with Crippen molar-refractivity contribution in [1.29, 1.82) is 0 Å². The van der Waals surface area contributed by atoms with Crippen LogP contribution in [0.2, 0.25) is 0 Å². The predicted molar refractivity (Wildman–Crippen MR) is 71.2 cm³/mol. The molecule has 0 amide bonds. The highest BCUT2D eigenvalue weighted by molar-refractivity contribution is 7.99. The van der Waals surface area contributed by atoms with Crippen molar-refractivity contribution in [2.75, 3.05) is 5.75 Å². The van der Waals surface area contributed by atoms with E-state index in [-0.39, 0.29) is 11.7 Å². The van der Waals surface area contributed by atoms with Gasteiger partial charge < -0.3 is 9.52 Å². The normalized spacial score (nSPS) is 12.3. The second kappa shape index (κ2) is 6.38. The Bertz CT molecular complexity index is 542. The molecule has 1 aromatic heterocycles. The standard InChI is InChI=1S/C13H14N2O3S/c1-2-10(9-6-4-3-5-7-9)12-14-15-13(18-12)19-8-11(16)17/h3-7,10H,2,8H2,1H3,(H,16,17)/t10-/m0/s1. The van der Waals surface area contributed by atoms with Crippen molar-refractivity contribution in [3.05, 3.63) is 41.8 Å². The lowest BCUT2D eigenvalue weighted by Crippen LogP contribution is -1.99. The maximum atomic E-state index is 10.5. The third kappa shape index (κ3) is 3.57. The zero-order chi connectivity index (χ0) is 13.7. The quantitative estimate of drug-likeness (QED) is 0.819. The first kappa shape index (κ1) is 13.6. The number of benzene rings is 1. The van der Waals surface area contributed by atoms with E-state index in [0.29, 0.717) is 11.1 Å². The fraction of sp³-hybridized carbons (Fsp3) is 0.308. The molecule has 1 heterocycles. The van der Waals surface area contributed by atoms with Gasteiger partial charge in [-0.2, -0.15) is 0 Å². The zero-order valence-electron chi connectivity index (χ0n) is 10.4. The molecule has 5 nitrogen and oxygen atoms in total. The fourth-order valence-electron chi connectivity index (χ4n) is 1.78. The molecular formula is C13H14N2O3S. The third-order valence-corrected chi connectivity index (χ3v) is 3.45. The third-order valence-electron chi connectivity index (χ3n) is 2.65. The Hall–Kier alpha value is -1.82. The maximum Gasteiger partial charge on any atom is 0.314 e. The SMILES string of the molecule is CC[C@@H](c1ccccc1)c1nnc(SCC(=O)O)o1. The molecule has 1 atom stereocenters. The average Bonchev–Trinajstić information content (AvgIpc) is 2.87. The summed E-state index contributed by atoms with van der Waals surface area (Å²) < 4.78 is 5.52. The minimum Gasteiger partial charge on any atom is -0.481 e. The zero-order valence-corrected chi connectivity index (χ0v) is 11.3. The Morgan fingerprint density at radius 3 is 2.74 bits per heavy atom. The van der Waals surface area contributed by atoms with E-state index in [9.17, 15) is 4.79 Å². The monoisotopic (exact) mass is 278 g/mol. The number of carboxylic acid groups (broad SMARTS) is 1. The minimum atomic E-state index is -0.903. The van der Waals surface area contributed by atoms with Crippen molar-refractivity contribution >= 4 is 17.7 Å². The summed E-state index contributed by atoms with van der Waals surface area (Å²) in [6.07, 6.45) is 0.843. The van der Waals surface area contributed by atoms with Crippen LogP contribution in [0.3, 0.4) is 0 Å². The van der Waals surface area contributed by atoms with Crippen LogP contribution in [0.25, 0.3) is 0 Å². The molecule has 0 spiro atoms. The van der Waals surface area contributed by atoms with E-state index in [2.05, 4.69) is 10.2 Å². The molecule has 2 aromatic rings. The smallest absolute Gasteiger partial charge is 0.314 e. The van der Waals surface area contributed by atoms with Gasteiger partial charge in [-0.15, -0.1) is 10.2 Å². The molecular weight excluding hydrogens is 264 g/mol. The van der Waals surface area contributed by atoms with Crippen LogP contribution in [-0.4, -0.2) is 27.0 Å². The summed E-state index contributed by atoms with van der Waals surface area (Å²) in [7, 11) is 0. The van der Waals surface area contributed by atoms with Gasteiger partial charge in [-0.25, -0.2) is 0 Å². The average molecular weight is 278 g/mol. The van der Waals surface area contributed by atoms with Crippen molar-refractivity contribution in [3.63, 3.8) is 0 Å². The van der Waals surface area contributed by atoms with E-state index in [4.69, 9.17) is 9.52 Å². The number of aliphatic carboxylic acids is 1. The van der Waals surface area contributed by atoms with E-state index < -0.39 is 5.97 Å². The minimum absolute atomic E-state index is 0.0490. The highest BCUT2D eigenvalue weighted by Crippen LogP contribution is 2.28. The summed E-state index contributed by atoms with van der Waals surface area (Å²) in [5.74, 6) is -0.404. The van der Waals surface area contributed by atoms with Gasteiger partial charge in [-0.1, -0.05) is 49.0 Å². The lowest BCUT2D eigenvalue weighted by Gasteiger charge is -2.09. The highest BCUT2D eigenvalue weighted by atomic mass is 32.2. The number of aromatic nitrogens is 2. The van der Waals surface area contributed by atoms with E-state index in [1.165, 1.54) is 0 Å². The summed E-state index contributed by atoms with van der Waals surface area (Å²) in [5.41, 5.74) is 1.11. The predicted octanol–water partition coefficient (Wildman–Crippen LogP) is 2.79. The van der Waals surface area contributed by atoms with E-state index in [1.807, 2.05) is 37.3 Å².